The van der Waals surface area contributed by atoms with E-state index in [-0.39, 0.29) is 11.9 Å². The number of nitrogens with zero attached hydrogens (tertiary/aromatic N) is 1. The zero-order chi connectivity index (χ0) is 18.8. The molecule has 1 amide bonds. The Kier molecular flexibility index (Phi) is 5.27. The summed E-state index contributed by atoms with van der Waals surface area (Å²) in [6.07, 6.45) is 2.20. The first-order valence-electron chi connectivity index (χ1n) is 8.54. The Bertz CT molecular complexity index is 819. The summed E-state index contributed by atoms with van der Waals surface area (Å²) < 4.78 is 5.33. The summed E-state index contributed by atoms with van der Waals surface area (Å²) in [6, 6.07) is 3.41. The van der Waals surface area contributed by atoms with E-state index in [9.17, 15) is 9.59 Å². The van der Waals surface area contributed by atoms with E-state index in [1.807, 2.05) is 26.2 Å². The van der Waals surface area contributed by atoms with Gasteiger partial charge in [0.1, 0.15) is 10.8 Å². The first-order valence-corrected chi connectivity index (χ1v) is 9.42. The molecule has 138 valence electrons. The SMILES string of the molecule is Cc1csc(C(NC(=O)c2cc(C)c(OCC(=O)O)c(C)c2)C2CC2)n1. The van der Waals surface area contributed by atoms with Crippen molar-refractivity contribution in [1.29, 1.82) is 0 Å². The minimum absolute atomic E-state index is 0.0512. The molecular weight excluding hydrogens is 352 g/mol. The highest BCUT2D eigenvalue weighted by atomic mass is 32.1. The fourth-order valence-corrected chi connectivity index (χ4v) is 3.93. The third kappa shape index (κ3) is 4.22. The van der Waals surface area contributed by atoms with Crippen LogP contribution in [0.5, 0.6) is 5.75 Å². The monoisotopic (exact) mass is 374 g/mol. The van der Waals surface area contributed by atoms with Gasteiger partial charge in [-0.15, -0.1) is 11.3 Å². The molecule has 1 saturated carbocycles. The molecule has 1 aliphatic carbocycles. The minimum Gasteiger partial charge on any atom is -0.481 e. The highest BCUT2D eigenvalue weighted by molar-refractivity contribution is 7.09. The highest BCUT2D eigenvalue weighted by Gasteiger charge is 2.35. The number of ether oxygens (including phenoxy) is 1. The van der Waals surface area contributed by atoms with Crippen molar-refractivity contribution >= 4 is 23.2 Å². The molecule has 1 heterocycles. The normalized spacial score (nSPS) is 14.7. The molecule has 1 unspecified atom stereocenters. The number of carboxylic acids is 1. The smallest absolute Gasteiger partial charge is 0.341 e. The van der Waals surface area contributed by atoms with Gasteiger partial charge in [-0.05, 0) is 62.8 Å². The van der Waals surface area contributed by atoms with Crippen LogP contribution in [0.1, 0.15) is 51.1 Å². The lowest BCUT2D eigenvalue weighted by Crippen LogP contribution is -2.30. The third-order valence-corrected chi connectivity index (χ3v) is 5.39. The fourth-order valence-electron chi connectivity index (χ4n) is 2.99. The largest absolute Gasteiger partial charge is 0.481 e. The Morgan fingerprint density at radius 2 is 1.96 bits per heavy atom. The summed E-state index contributed by atoms with van der Waals surface area (Å²) in [5.41, 5.74) is 2.99. The maximum absolute atomic E-state index is 12.8. The van der Waals surface area contributed by atoms with Crippen molar-refractivity contribution in [2.75, 3.05) is 6.61 Å². The maximum Gasteiger partial charge on any atom is 0.341 e. The first kappa shape index (κ1) is 18.4. The molecule has 0 radical (unpaired) electrons. The average molecular weight is 374 g/mol. The van der Waals surface area contributed by atoms with Gasteiger partial charge in [0.15, 0.2) is 6.61 Å². The van der Waals surface area contributed by atoms with Gasteiger partial charge in [-0.3, -0.25) is 4.79 Å². The standard InChI is InChI=1S/C19H22N2O4S/c1-10-6-14(7-11(2)17(10)25-8-15(22)23)18(24)21-16(13-4-5-13)19-20-12(3)9-26-19/h6-7,9,13,16H,4-5,8H2,1-3H3,(H,21,24)(H,22,23). The van der Waals surface area contributed by atoms with Gasteiger partial charge < -0.3 is 15.2 Å². The number of benzene rings is 1. The number of hydrogen-bond acceptors (Lipinski definition) is 5. The van der Waals surface area contributed by atoms with Gasteiger partial charge in [-0.25, -0.2) is 9.78 Å². The third-order valence-electron chi connectivity index (χ3n) is 4.35. The number of carbonyl (C=O) groups is 2. The molecule has 1 aromatic heterocycles. The topological polar surface area (TPSA) is 88.5 Å². The molecule has 7 heteroatoms. The van der Waals surface area contributed by atoms with Gasteiger partial charge in [0, 0.05) is 16.6 Å². The lowest BCUT2D eigenvalue weighted by atomic mass is 10.0. The number of aromatic nitrogens is 1. The second kappa shape index (κ2) is 7.45. The Hall–Kier alpha value is -2.41. The summed E-state index contributed by atoms with van der Waals surface area (Å²) in [4.78, 5) is 28.0. The van der Waals surface area contributed by atoms with Gasteiger partial charge in [-0.1, -0.05) is 0 Å². The summed E-state index contributed by atoms with van der Waals surface area (Å²) in [5, 5.41) is 14.8. The molecule has 1 atom stereocenters. The van der Waals surface area contributed by atoms with E-state index >= 15 is 0 Å². The number of aryl methyl sites for hydroxylation is 3. The summed E-state index contributed by atoms with van der Waals surface area (Å²) in [7, 11) is 0. The van der Waals surface area contributed by atoms with Gasteiger partial charge >= 0.3 is 5.97 Å². The number of hydrogen-bond donors (Lipinski definition) is 2. The average Bonchev–Trinajstić information content (AvgIpc) is 3.32. The molecule has 1 aliphatic rings. The van der Waals surface area contributed by atoms with E-state index in [1.54, 1.807) is 23.5 Å². The van der Waals surface area contributed by atoms with Crippen LogP contribution >= 0.6 is 11.3 Å². The van der Waals surface area contributed by atoms with Crippen LogP contribution in [0.25, 0.3) is 0 Å². The number of rotatable bonds is 7. The van der Waals surface area contributed by atoms with E-state index in [4.69, 9.17) is 9.84 Å². The van der Waals surface area contributed by atoms with Gasteiger partial charge in [0.2, 0.25) is 0 Å². The second-order valence-corrected chi connectivity index (χ2v) is 7.63. The molecule has 1 aromatic carbocycles. The Morgan fingerprint density at radius 1 is 1.31 bits per heavy atom. The summed E-state index contributed by atoms with van der Waals surface area (Å²) in [5.74, 6) is -0.217. The molecular formula is C19H22N2O4S. The maximum atomic E-state index is 12.8. The number of thiazole rings is 1. The van der Waals surface area contributed by atoms with Crippen molar-refractivity contribution in [2.24, 2.45) is 5.92 Å². The molecule has 0 bridgehead atoms. The van der Waals surface area contributed by atoms with Crippen LogP contribution in [-0.2, 0) is 4.79 Å². The second-order valence-electron chi connectivity index (χ2n) is 6.74. The van der Waals surface area contributed by atoms with Crippen LogP contribution in [0.15, 0.2) is 17.5 Å². The summed E-state index contributed by atoms with van der Waals surface area (Å²) >= 11 is 1.58. The number of amides is 1. The highest BCUT2D eigenvalue weighted by Crippen LogP contribution is 2.42. The van der Waals surface area contributed by atoms with E-state index in [1.165, 1.54) is 0 Å². The van der Waals surface area contributed by atoms with Crippen molar-refractivity contribution in [2.45, 2.75) is 39.7 Å². The lowest BCUT2D eigenvalue weighted by Gasteiger charge is -2.17. The zero-order valence-electron chi connectivity index (χ0n) is 15.0. The molecule has 3 rings (SSSR count). The number of aliphatic carboxylic acids is 1. The van der Waals surface area contributed by atoms with E-state index in [2.05, 4.69) is 10.3 Å². The van der Waals surface area contributed by atoms with Crippen LogP contribution in [-0.4, -0.2) is 28.6 Å². The van der Waals surface area contributed by atoms with E-state index in [0.717, 1.165) is 34.7 Å². The van der Waals surface area contributed by atoms with Crippen molar-refractivity contribution in [3.05, 3.63) is 44.9 Å². The van der Waals surface area contributed by atoms with Crippen molar-refractivity contribution in [3.8, 4) is 5.75 Å². The fraction of sp³-hybridized carbons (Fsp3) is 0.421. The minimum atomic E-state index is -1.03. The zero-order valence-corrected chi connectivity index (χ0v) is 15.9. The summed E-state index contributed by atoms with van der Waals surface area (Å²) in [6.45, 7) is 5.17. The van der Waals surface area contributed by atoms with Crippen molar-refractivity contribution < 1.29 is 19.4 Å². The van der Waals surface area contributed by atoms with Gasteiger partial charge in [-0.2, -0.15) is 0 Å². The molecule has 0 aliphatic heterocycles. The Morgan fingerprint density at radius 3 is 2.46 bits per heavy atom. The Balaban J connectivity index is 1.77. The predicted octanol–water partition coefficient (Wildman–Crippen LogP) is 3.41. The molecule has 1 fully saturated rings. The first-order chi connectivity index (χ1) is 12.3. The molecule has 6 nitrogen and oxygen atoms in total. The van der Waals surface area contributed by atoms with Crippen molar-refractivity contribution in [3.63, 3.8) is 0 Å². The van der Waals surface area contributed by atoms with Gasteiger partial charge in [0.25, 0.3) is 5.91 Å². The number of nitrogens with one attached hydrogen (secondary N) is 1. The van der Waals surface area contributed by atoms with E-state index in [0.29, 0.717) is 17.2 Å². The van der Waals surface area contributed by atoms with Crippen LogP contribution < -0.4 is 10.1 Å². The van der Waals surface area contributed by atoms with Gasteiger partial charge in [0.05, 0.1) is 6.04 Å². The van der Waals surface area contributed by atoms with Crippen LogP contribution in [0.3, 0.4) is 0 Å². The lowest BCUT2D eigenvalue weighted by molar-refractivity contribution is -0.139. The molecule has 2 N–H and O–H groups in total. The molecule has 0 spiro atoms. The predicted molar refractivity (Wildman–Crippen MR) is 98.8 cm³/mol. The molecule has 0 saturated heterocycles. The van der Waals surface area contributed by atoms with Crippen molar-refractivity contribution in [1.82, 2.24) is 10.3 Å². The van der Waals surface area contributed by atoms with Crippen LogP contribution in [0.2, 0.25) is 0 Å². The Labute approximate surface area is 156 Å². The molecule has 26 heavy (non-hydrogen) atoms. The van der Waals surface area contributed by atoms with Crippen LogP contribution in [0.4, 0.5) is 0 Å². The number of carboxylic acid groups (broad SMARTS) is 1. The number of carbonyl (C=O) groups excluding carboxylic acids is 1. The van der Waals surface area contributed by atoms with E-state index < -0.39 is 12.6 Å². The quantitative estimate of drug-likeness (QED) is 0.775. The molecule has 2 aromatic rings. The van der Waals surface area contributed by atoms with Crippen LogP contribution in [0, 0.1) is 26.7 Å².